The predicted molar refractivity (Wildman–Crippen MR) is 82.4 cm³/mol. The molecule has 3 heterocycles. The number of aromatic nitrogens is 5. The van der Waals surface area contributed by atoms with Gasteiger partial charge in [0.25, 0.3) is 5.56 Å². The lowest BCUT2D eigenvalue weighted by atomic mass is 10.2. The molecule has 0 unspecified atom stereocenters. The van der Waals surface area contributed by atoms with Crippen LogP contribution in [0.2, 0.25) is 0 Å². The Kier molecular flexibility index (Phi) is 4.43. The van der Waals surface area contributed by atoms with Gasteiger partial charge in [-0.2, -0.15) is 15.6 Å². The second-order valence-corrected chi connectivity index (χ2v) is 4.60. The smallest absolute Gasteiger partial charge is 0.276 e. The van der Waals surface area contributed by atoms with Gasteiger partial charge in [0.1, 0.15) is 29.1 Å². The van der Waals surface area contributed by atoms with E-state index >= 15 is 0 Å². The number of fused-ring (bicyclic) bond motifs is 1. The van der Waals surface area contributed by atoms with Crippen LogP contribution >= 0.6 is 0 Å². The summed E-state index contributed by atoms with van der Waals surface area (Å²) in [4.78, 5) is 16.1. The van der Waals surface area contributed by atoms with Crippen LogP contribution in [0.3, 0.4) is 0 Å². The van der Waals surface area contributed by atoms with Crippen molar-refractivity contribution < 1.29 is 0 Å². The van der Waals surface area contributed by atoms with Crippen LogP contribution in [0.1, 0.15) is 29.3 Å². The van der Waals surface area contributed by atoms with Crippen molar-refractivity contribution in [2.75, 3.05) is 5.73 Å². The van der Waals surface area contributed by atoms with E-state index in [0.717, 1.165) is 0 Å². The van der Waals surface area contributed by atoms with Crippen LogP contribution in [0.25, 0.3) is 5.65 Å². The van der Waals surface area contributed by atoms with E-state index in [1.54, 1.807) is 6.92 Å². The summed E-state index contributed by atoms with van der Waals surface area (Å²) in [6.45, 7) is 3.69. The standard InChI is InChI=1S/C10H10N4O.C4H4N4/c1-3-8-6(2)13-9-7(4-11)5-12-14(9)10(8)15;5-1-3-2-7-8-4(3)6/h5,12H,3H2,1-2H3;2H,(H3,6,7,8). The molecule has 0 aliphatic rings. The predicted octanol–water partition coefficient (Wildman–Crippen LogP) is 0.629. The maximum Gasteiger partial charge on any atom is 0.276 e. The first-order valence-electron chi connectivity index (χ1n) is 6.72. The lowest BCUT2D eigenvalue weighted by Gasteiger charge is -2.01. The fraction of sp³-hybridized carbons (Fsp3) is 0.214. The van der Waals surface area contributed by atoms with Crippen molar-refractivity contribution in [3.8, 4) is 12.1 Å². The van der Waals surface area contributed by atoms with Crippen LogP contribution in [0.15, 0.2) is 17.2 Å². The highest BCUT2D eigenvalue weighted by molar-refractivity contribution is 5.54. The highest BCUT2D eigenvalue weighted by Crippen LogP contribution is 2.07. The van der Waals surface area contributed by atoms with Crippen molar-refractivity contribution in [2.24, 2.45) is 0 Å². The number of aryl methyl sites for hydroxylation is 1. The number of nitrogens with one attached hydrogen (secondary N) is 2. The van der Waals surface area contributed by atoms with E-state index in [4.69, 9.17) is 16.3 Å². The summed E-state index contributed by atoms with van der Waals surface area (Å²) >= 11 is 0. The first-order valence-corrected chi connectivity index (χ1v) is 6.72. The molecule has 0 radical (unpaired) electrons. The van der Waals surface area contributed by atoms with Gasteiger partial charge in [0.05, 0.1) is 6.20 Å². The molecule has 0 bridgehead atoms. The third-order valence-corrected chi connectivity index (χ3v) is 3.23. The van der Waals surface area contributed by atoms with Crippen LogP contribution in [0, 0.1) is 29.6 Å². The highest BCUT2D eigenvalue weighted by atomic mass is 16.1. The molecule has 9 heteroatoms. The average molecular weight is 310 g/mol. The number of nitrogens with zero attached hydrogens (tertiary/aromatic N) is 5. The number of hydrogen-bond donors (Lipinski definition) is 3. The van der Waals surface area contributed by atoms with Gasteiger partial charge in [-0.3, -0.25) is 15.0 Å². The first-order chi connectivity index (χ1) is 11.0. The van der Waals surface area contributed by atoms with E-state index in [9.17, 15) is 4.79 Å². The van der Waals surface area contributed by atoms with Gasteiger partial charge in [-0.1, -0.05) is 6.92 Å². The Bertz CT molecular complexity index is 979. The van der Waals surface area contributed by atoms with Crippen molar-refractivity contribution in [1.82, 2.24) is 24.8 Å². The average Bonchev–Trinajstić information content (AvgIpc) is 3.14. The third-order valence-electron chi connectivity index (χ3n) is 3.23. The van der Waals surface area contributed by atoms with Crippen molar-refractivity contribution in [3.05, 3.63) is 45.1 Å². The van der Waals surface area contributed by atoms with Gasteiger partial charge in [0, 0.05) is 17.5 Å². The zero-order valence-corrected chi connectivity index (χ0v) is 12.6. The molecule has 3 aromatic heterocycles. The van der Waals surface area contributed by atoms with E-state index in [-0.39, 0.29) is 5.56 Å². The Morgan fingerprint density at radius 3 is 2.52 bits per heavy atom. The normalized spacial score (nSPS) is 9.74. The van der Waals surface area contributed by atoms with Gasteiger partial charge in [0.15, 0.2) is 5.65 Å². The Morgan fingerprint density at radius 2 is 2.04 bits per heavy atom. The molecule has 0 atom stereocenters. The molecule has 3 rings (SSSR count). The van der Waals surface area contributed by atoms with Gasteiger partial charge in [0.2, 0.25) is 0 Å². The fourth-order valence-electron chi connectivity index (χ4n) is 2.03. The second-order valence-electron chi connectivity index (χ2n) is 4.60. The molecule has 0 aliphatic heterocycles. The molecule has 116 valence electrons. The maximum atomic E-state index is 11.9. The van der Waals surface area contributed by atoms with Crippen molar-refractivity contribution in [2.45, 2.75) is 20.3 Å². The quantitative estimate of drug-likeness (QED) is 0.599. The van der Waals surface area contributed by atoms with E-state index < -0.39 is 0 Å². The van der Waals surface area contributed by atoms with E-state index in [1.165, 1.54) is 16.9 Å². The molecule has 9 nitrogen and oxygen atoms in total. The van der Waals surface area contributed by atoms with E-state index in [1.807, 2.05) is 19.1 Å². The van der Waals surface area contributed by atoms with Crippen LogP contribution in [0.4, 0.5) is 5.82 Å². The first kappa shape index (κ1) is 15.8. The number of aromatic amines is 2. The molecule has 0 spiro atoms. The molecular formula is C14H14N8O. The summed E-state index contributed by atoms with van der Waals surface area (Å²) in [5.74, 6) is 0.326. The van der Waals surface area contributed by atoms with Gasteiger partial charge in [-0.15, -0.1) is 0 Å². The third kappa shape index (κ3) is 2.89. The summed E-state index contributed by atoms with van der Waals surface area (Å²) in [6, 6.07) is 3.84. The summed E-state index contributed by atoms with van der Waals surface area (Å²) in [5.41, 5.74) is 7.64. The molecule has 0 aliphatic carbocycles. The molecule has 0 fully saturated rings. The lowest BCUT2D eigenvalue weighted by Crippen LogP contribution is -2.21. The van der Waals surface area contributed by atoms with E-state index in [2.05, 4.69) is 20.3 Å². The lowest BCUT2D eigenvalue weighted by molar-refractivity contribution is 0.853. The van der Waals surface area contributed by atoms with Crippen LogP contribution < -0.4 is 11.3 Å². The zero-order valence-electron chi connectivity index (χ0n) is 12.6. The minimum atomic E-state index is -0.124. The Labute approximate surface area is 131 Å². The van der Waals surface area contributed by atoms with Crippen molar-refractivity contribution in [3.63, 3.8) is 0 Å². The number of nitrogens with two attached hydrogens (primary N) is 1. The molecule has 0 amide bonds. The summed E-state index contributed by atoms with van der Waals surface area (Å²) in [6.07, 6.45) is 3.51. The Balaban J connectivity index is 0.000000203. The number of H-pyrrole nitrogens is 2. The van der Waals surface area contributed by atoms with Gasteiger partial charge < -0.3 is 5.73 Å². The number of anilines is 1. The number of rotatable bonds is 1. The van der Waals surface area contributed by atoms with Crippen LogP contribution in [-0.4, -0.2) is 24.8 Å². The van der Waals surface area contributed by atoms with Crippen LogP contribution in [0.5, 0.6) is 0 Å². The summed E-state index contributed by atoms with van der Waals surface area (Å²) in [7, 11) is 0. The van der Waals surface area contributed by atoms with Gasteiger partial charge in [-0.25, -0.2) is 9.50 Å². The second kappa shape index (κ2) is 6.45. The minimum absolute atomic E-state index is 0.124. The van der Waals surface area contributed by atoms with E-state index in [0.29, 0.717) is 40.3 Å². The minimum Gasteiger partial charge on any atom is -0.383 e. The fourth-order valence-corrected chi connectivity index (χ4v) is 2.03. The number of hydrogen-bond acceptors (Lipinski definition) is 6. The maximum absolute atomic E-state index is 11.9. The number of nitriles is 2. The zero-order chi connectivity index (χ0) is 17.0. The summed E-state index contributed by atoms with van der Waals surface area (Å²) < 4.78 is 1.31. The highest BCUT2D eigenvalue weighted by Gasteiger charge is 2.11. The Hall–Kier alpha value is -3.59. The SMILES string of the molecule is CCc1c(C)nc2c(C#N)c[nH]n2c1=O.N#Cc1cn[nH]c1N. The molecule has 0 aromatic carbocycles. The monoisotopic (exact) mass is 310 g/mol. The molecule has 23 heavy (non-hydrogen) atoms. The van der Waals surface area contributed by atoms with Crippen LogP contribution in [-0.2, 0) is 6.42 Å². The molecule has 3 aromatic rings. The largest absolute Gasteiger partial charge is 0.383 e. The molecule has 4 N–H and O–H groups in total. The summed E-state index contributed by atoms with van der Waals surface area (Å²) in [5, 5.41) is 25.7. The van der Waals surface area contributed by atoms with Gasteiger partial charge in [-0.05, 0) is 13.3 Å². The Morgan fingerprint density at radius 1 is 1.35 bits per heavy atom. The molecule has 0 saturated heterocycles. The number of nitrogen functional groups attached to an aromatic ring is 1. The molecule has 0 saturated carbocycles. The van der Waals surface area contributed by atoms with Gasteiger partial charge >= 0.3 is 0 Å². The van der Waals surface area contributed by atoms with Crippen molar-refractivity contribution in [1.29, 1.82) is 10.5 Å². The van der Waals surface area contributed by atoms with Crippen molar-refractivity contribution >= 4 is 11.5 Å². The topological polar surface area (TPSA) is 152 Å². The molecular weight excluding hydrogens is 296 g/mol.